The lowest BCUT2D eigenvalue weighted by Gasteiger charge is -2.05. The van der Waals surface area contributed by atoms with Crippen LogP contribution in [0.1, 0.15) is 11.3 Å². The number of carbonyl (C=O) groups excluding carboxylic acids is 1. The van der Waals surface area contributed by atoms with E-state index in [1.54, 1.807) is 6.20 Å². The summed E-state index contributed by atoms with van der Waals surface area (Å²) in [6.07, 6.45) is 1.68. The van der Waals surface area contributed by atoms with Gasteiger partial charge in [0.15, 0.2) is 0 Å². The van der Waals surface area contributed by atoms with Crippen LogP contribution in [0.3, 0.4) is 0 Å². The highest BCUT2D eigenvalue weighted by atomic mass is 16.2. The molecular formula is C8H12N4O. The molecule has 5 nitrogen and oxygen atoms in total. The number of rotatable bonds is 2. The summed E-state index contributed by atoms with van der Waals surface area (Å²) < 4.78 is 0. The number of urea groups is 1. The topological polar surface area (TPSA) is 80.0 Å². The molecule has 0 aliphatic carbocycles. The number of nitrogens with two attached hydrogens (primary N) is 1. The second-order valence-electron chi connectivity index (χ2n) is 2.59. The van der Waals surface area contributed by atoms with Crippen molar-refractivity contribution in [1.29, 1.82) is 0 Å². The van der Waals surface area contributed by atoms with Crippen LogP contribution in [-0.4, -0.2) is 11.0 Å². The number of nitrogens with zero attached hydrogens (tertiary/aromatic N) is 1. The largest absolute Gasteiger partial charge is 0.331 e. The molecule has 1 rings (SSSR count). The number of hydrogen-bond donors (Lipinski definition) is 3. The van der Waals surface area contributed by atoms with Crippen molar-refractivity contribution in [3.8, 4) is 0 Å². The molecule has 0 unspecified atom stereocenters. The van der Waals surface area contributed by atoms with Crippen LogP contribution in [0.5, 0.6) is 0 Å². The van der Waals surface area contributed by atoms with Crippen LogP contribution in [0, 0.1) is 6.92 Å². The van der Waals surface area contributed by atoms with Crippen molar-refractivity contribution in [1.82, 2.24) is 15.7 Å². The molecule has 1 aromatic heterocycles. The maximum absolute atomic E-state index is 10.7. The third kappa shape index (κ3) is 2.72. The molecule has 0 aliphatic rings. The Morgan fingerprint density at radius 2 is 2.46 bits per heavy atom. The van der Waals surface area contributed by atoms with E-state index >= 15 is 0 Å². The van der Waals surface area contributed by atoms with Crippen molar-refractivity contribution in [2.24, 2.45) is 5.84 Å². The number of pyridine rings is 1. The fourth-order valence-corrected chi connectivity index (χ4v) is 0.918. The van der Waals surface area contributed by atoms with Gasteiger partial charge in [-0.1, -0.05) is 6.07 Å². The monoisotopic (exact) mass is 180 g/mol. The molecule has 0 bridgehead atoms. The van der Waals surface area contributed by atoms with Crippen LogP contribution in [0.15, 0.2) is 18.3 Å². The van der Waals surface area contributed by atoms with Crippen molar-refractivity contribution in [2.75, 3.05) is 0 Å². The molecule has 2 amide bonds. The number of nitrogens with one attached hydrogen (secondary N) is 2. The molecule has 13 heavy (non-hydrogen) atoms. The van der Waals surface area contributed by atoms with Crippen molar-refractivity contribution < 1.29 is 4.79 Å². The number of amides is 2. The van der Waals surface area contributed by atoms with Gasteiger partial charge in [0.25, 0.3) is 0 Å². The molecule has 0 spiro atoms. The minimum atomic E-state index is -0.412. The Kier molecular flexibility index (Phi) is 3.22. The first-order valence-corrected chi connectivity index (χ1v) is 3.89. The van der Waals surface area contributed by atoms with Gasteiger partial charge >= 0.3 is 6.03 Å². The Balaban J connectivity index is 2.54. The van der Waals surface area contributed by atoms with Crippen molar-refractivity contribution in [3.63, 3.8) is 0 Å². The number of aromatic nitrogens is 1. The van der Waals surface area contributed by atoms with E-state index in [-0.39, 0.29) is 0 Å². The molecule has 5 heteroatoms. The molecule has 0 saturated heterocycles. The molecule has 0 aromatic carbocycles. The highest BCUT2D eigenvalue weighted by Crippen LogP contribution is 2.01. The van der Waals surface area contributed by atoms with Crippen molar-refractivity contribution in [3.05, 3.63) is 29.6 Å². The highest BCUT2D eigenvalue weighted by molar-refractivity contribution is 5.72. The van der Waals surface area contributed by atoms with Gasteiger partial charge in [0.05, 0.1) is 12.2 Å². The lowest BCUT2D eigenvalue weighted by molar-refractivity contribution is 0.240. The molecule has 1 heterocycles. The van der Waals surface area contributed by atoms with E-state index in [2.05, 4.69) is 10.3 Å². The maximum atomic E-state index is 10.7. The molecule has 1 aromatic rings. The van der Waals surface area contributed by atoms with Gasteiger partial charge in [-0.3, -0.25) is 10.4 Å². The fourth-order valence-electron chi connectivity index (χ4n) is 0.918. The zero-order valence-corrected chi connectivity index (χ0v) is 7.37. The summed E-state index contributed by atoms with van der Waals surface area (Å²) in [5, 5.41) is 2.55. The first kappa shape index (κ1) is 9.47. The zero-order chi connectivity index (χ0) is 9.68. The van der Waals surface area contributed by atoms with Gasteiger partial charge in [0.2, 0.25) is 0 Å². The van der Waals surface area contributed by atoms with E-state index in [4.69, 9.17) is 5.84 Å². The standard InChI is InChI=1S/C8H12N4O/c1-6-3-2-4-10-7(6)5-11-8(13)12-9/h2-4H,5,9H2,1H3,(H2,11,12,13). The van der Waals surface area contributed by atoms with E-state index in [9.17, 15) is 4.79 Å². The summed E-state index contributed by atoms with van der Waals surface area (Å²) in [5.74, 6) is 4.89. The van der Waals surface area contributed by atoms with E-state index in [0.717, 1.165) is 11.3 Å². The smallest absolute Gasteiger partial charge is 0.329 e. The van der Waals surface area contributed by atoms with E-state index < -0.39 is 6.03 Å². The number of hydrogen-bond acceptors (Lipinski definition) is 3. The van der Waals surface area contributed by atoms with Gasteiger partial charge in [-0.15, -0.1) is 0 Å². The zero-order valence-electron chi connectivity index (χ0n) is 7.37. The summed E-state index contributed by atoms with van der Waals surface area (Å²) in [5.41, 5.74) is 3.86. The Hall–Kier alpha value is -1.62. The molecule has 0 saturated carbocycles. The normalized spacial score (nSPS) is 9.38. The quantitative estimate of drug-likeness (QED) is 0.342. The fraction of sp³-hybridized carbons (Fsp3) is 0.250. The second kappa shape index (κ2) is 4.42. The second-order valence-corrected chi connectivity index (χ2v) is 2.59. The number of carbonyl (C=O) groups is 1. The Labute approximate surface area is 76.3 Å². The molecule has 0 fully saturated rings. The Morgan fingerprint density at radius 3 is 3.08 bits per heavy atom. The average Bonchev–Trinajstić information content (AvgIpc) is 2.16. The molecule has 0 radical (unpaired) electrons. The molecule has 70 valence electrons. The third-order valence-corrected chi connectivity index (χ3v) is 1.67. The van der Waals surface area contributed by atoms with Gasteiger partial charge in [-0.2, -0.15) is 0 Å². The van der Waals surface area contributed by atoms with Gasteiger partial charge < -0.3 is 5.32 Å². The van der Waals surface area contributed by atoms with Crippen LogP contribution < -0.4 is 16.6 Å². The average molecular weight is 180 g/mol. The third-order valence-electron chi connectivity index (χ3n) is 1.67. The summed E-state index contributed by atoms with van der Waals surface area (Å²) >= 11 is 0. The number of aryl methyl sites for hydroxylation is 1. The van der Waals surface area contributed by atoms with Gasteiger partial charge in [-0.05, 0) is 18.6 Å². The summed E-state index contributed by atoms with van der Waals surface area (Å²) in [7, 11) is 0. The maximum Gasteiger partial charge on any atom is 0.329 e. The first-order chi connectivity index (χ1) is 6.24. The van der Waals surface area contributed by atoms with Crippen LogP contribution in [-0.2, 0) is 6.54 Å². The van der Waals surface area contributed by atoms with Crippen LogP contribution in [0.2, 0.25) is 0 Å². The molecule has 0 atom stereocenters. The predicted molar refractivity (Wildman–Crippen MR) is 48.5 cm³/mol. The van der Waals surface area contributed by atoms with E-state index in [1.165, 1.54) is 0 Å². The van der Waals surface area contributed by atoms with Crippen molar-refractivity contribution in [2.45, 2.75) is 13.5 Å². The van der Waals surface area contributed by atoms with Crippen LogP contribution in [0.25, 0.3) is 0 Å². The number of hydrazine groups is 1. The van der Waals surface area contributed by atoms with E-state index in [0.29, 0.717) is 6.54 Å². The van der Waals surface area contributed by atoms with Crippen LogP contribution in [0.4, 0.5) is 4.79 Å². The SMILES string of the molecule is Cc1cccnc1CNC(=O)NN. The molecular weight excluding hydrogens is 168 g/mol. The van der Waals surface area contributed by atoms with Crippen molar-refractivity contribution >= 4 is 6.03 Å². The highest BCUT2D eigenvalue weighted by Gasteiger charge is 2.00. The van der Waals surface area contributed by atoms with Gasteiger partial charge in [0, 0.05) is 6.20 Å². The van der Waals surface area contributed by atoms with E-state index in [1.807, 2.05) is 24.5 Å². The lowest BCUT2D eigenvalue weighted by Crippen LogP contribution is -2.39. The Bertz CT molecular complexity index is 300. The minimum absolute atomic E-state index is 0.385. The summed E-state index contributed by atoms with van der Waals surface area (Å²) in [6, 6.07) is 3.37. The van der Waals surface area contributed by atoms with Gasteiger partial charge in [0.1, 0.15) is 0 Å². The Morgan fingerprint density at radius 1 is 1.69 bits per heavy atom. The van der Waals surface area contributed by atoms with Crippen LogP contribution >= 0.6 is 0 Å². The summed E-state index contributed by atoms with van der Waals surface area (Å²) in [6.45, 7) is 2.32. The van der Waals surface area contributed by atoms with Gasteiger partial charge in [-0.25, -0.2) is 10.6 Å². The lowest BCUT2D eigenvalue weighted by atomic mass is 10.2. The minimum Gasteiger partial charge on any atom is -0.331 e. The summed E-state index contributed by atoms with van der Waals surface area (Å²) in [4.78, 5) is 14.8. The molecule has 0 aliphatic heterocycles. The molecule has 4 N–H and O–H groups in total. The first-order valence-electron chi connectivity index (χ1n) is 3.89. The predicted octanol–water partition coefficient (Wildman–Crippen LogP) is 0.0629.